The summed E-state index contributed by atoms with van der Waals surface area (Å²) in [4.78, 5) is 14.5. The van der Waals surface area contributed by atoms with Crippen LogP contribution in [0.25, 0.3) is 22.0 Å². The van der Waals surface area contributed by atoms with Crippen LogP contribution in [0.4, 0.5) is 14.9 Å². The van der Waals surface area contributed by atoms with Crippen LogP contribution in [-0.2, 0) is 11.3 Å². The molecule has 234 valence electrons. The predicted octanol–water partition coefficient (Wildman–Crippen LogP) is 3.28. The molecule has 1 aliphatic carbocycles. The molecule has 9 heteroatoms. The number of aromatic nitrogens is 2. The highest BCUT2D eigenvalue weighted by Gasteiger charge is 2.29. The van der Waals surface area contributed by atoms with Crippen molar-refractivity contribution in [2.75, 3.05) is 38.2 Å². The summed E-state index contributed by atoms with van der Waals surface area (Å²) in [7, 11) is 0. The summed E-state index contributed by atoms with van der Waals surface area (Å²) < 4.78 is 27.3. The Morgan fingerprint density at radius 3 is 2.27 bits per heavy atom. The molecular formula is C36H38ClFN4O3. The van der Waals surface area contributed by atoms with Crippen molar-refractivity contribution in [3.63, 3.8) is 0 Å². The number of fused-ring (bicyclic) bond motifs is 4. The van der Waals surface area contributed by atoms with Crippen LogP contribution in [0.1, 0.15) is 42.9 Å². The van der Waals surface area contributed by atoms with Crippen molar-refractivity contribution < 1.29 is 36.0 Å². The van der Waals surface area contributed by atoms with Gasteiger partial charge in [0.2, 0.25) is 5.88 Å². The standard InChI is InChI=1S/C36H37FN4O3.ClH/c1-3-40(4-2)20-9-21-43-35-32-22-27(18-19-34(32)41(39-35)23-25-14-16-26(37)17-15-25)38-36(42)44-24-33-30-12-7-5-10-28(30)29-11-6-8-13-31(29)33;/h5-8,10-19,22,33H,3-4,9,20-21,23-24H2,1-2H3,(H,38,42);1H. The zero-order chi connectivity index (χ0) is 30.5. The first-order chi connectivity index (χ1) is 21.5. The van der Waals surface area contributed by atoms with Gasteiger partial charge in [0.05, 0.1) is 43.7 Å². The molecule has 45 heavy (non-hydrogen) atoms. The Labute approximate surface area is 269 Å². The topological polar surface area (TPSA) is 69.8 Å². The fourth-order valence-corrected chi connectivity index (χ4v) is 6.06. The highest BCUT2D eigenvalue weighted by atomic mass is 35.5. The largest absolute Gasteiger partial charge is 1.00 e. The first-order valence-corrected chi connectivity index (χ1v) is 15.4. The first-order valence-electron chi connectivity index (χ1n) is 15.4. The number of carbonyl (C=O) groups is 1. The third kappa shape index (κ3) is 7.13. The van der Waals surface area contributed by atoms with Crippen LogP contribution in [0.2, 0.25) is 0 Å². The van der Waals surface area contributed by atoms with E-state index in [-0.39, 0.29) is 30.7 Å². The average molecular weight is 629 g/mol. The SMILES string of the molecule is CC[NH+](CC)CCCOc1nn(Cc2ccc(F)cc2)c2ccc(NC(=O)OCC3c4ccccc4-c4ccccc43)cc12.[Cl-]. The zero-order valence-corrected chi connectivity index (χ0v) is 26.3. The fourth-order valence-electron chi connectivity index (χ4n) is 6.06. The van der Waals surface area contributed by atoms with Gasteiger partial charge in [0, 0.05) is 18.0 Å². The smallest absolute Gasteiger partial charge is 0.411 e. The number of nitrogens with zero attached hydrogens (tertiary/aromatic N) is 2. The van der Waals surface area contributed by atoms with Crippen molar-refractivity contribution in [3.05, 3.63) is 114 Å². The second-order valence-corrected chi connectivity index (χ2v) is 11.2. The molecule has 1 heterocycles. The number of hydrogen-bond donors (Lipinski definition) is 2. The molecule has 0 fully saturated rings. The number of quaternary nitrogens is 1. The molecule has 0 spiro atoms. The number of nitrogens with one attached hydrogen (secondary N) is 2. The van der Waals surface area contributed by atoms with E-state index in [9.17, 15) is 9.18 Å². The highest BCUT2D eigenvalue weighted by Crippen LogP contribution is 2.44. The van der Waals surface area contributed by atoms with Crippen molar-refractivity contribution in [2.45, 2.75) is 32.7 Å². The van der Waals surface area contributed by atoms with E-state index in [1.807, 2.05) is 47.1 Å². The molecule has 1 aliphatic rings. The zero-order valence-electron chi connectivity index (χ0n) is 25.6. The van der Waals surface area contributed by atoms with Gasteiger partial charge in [0.15, 0.2) is 0 Å². The van der Waals surface area contributed by atoms with Gasteiger partial charge in [-0.05, 0) is 72.0 Å². The third-order valence-corrected chi connectivity index (χ3v) is 8.47. The summed E-state index contributed by atoms with van der Waals surface area (Å²) in [5.41, 5.74) is 7.08. The highest BCUT2D eigenvalue weighted by molar-refractivity contribution is 5.92. The van der Waals surface area contributed by atoms with Gasteiger partial charge >= 0.3 is 6.09 Å². The van der Waals surface area contributed by atoms with E-state index in [1.165, 1.54) is 39.3 Å². The molecule has 0 atom stereocenters. The Bertz CT molecular complexity index is 1710. The lowest BCUT2D eigenvalue weighted by Crippen LogP contribution is -3.11. The van der Waals surface area contributed by atoms with Gasteiger partial charge in [-0.25, -0.2) is 9.18 Å². The number of halogens is 2. The number of amides is 1. The summed E-state index contributed by atoms with van der Waals surface area (Å²) in [5, 5.41) is 8.45. The quantitative estimate of drug-likeness (QED) is 0.208. The van der Waals surface area contributed by atoms with Crippen LogP contribution < -0.4 is 27.4 Å². The Morgan fingerprint density at radius 1 is 0.933 bits per heavy atom. The molecule has 2 N–H and O–H groups in total. The van der Waals surface area contributed by atoms with E-state index in [2.05, 4.69) is 43.4 Å². The first kappa shape index (κ1) is 32.0. The Kier molecular flexibility index (Phi) is 10.4. The monoisotopic (exact) mass is 628 g/mol. The Hall–Kier alpha value is -4.40. The van der Waals surface area contributed by atoms with Crippen LogP contribution in [0.5, 0.6) is 5.88 Å². The molecule has 0 unspecified atom stereocenters. The maximum Gasteiger partial charge on any atom is 0.411 e. The van der Waals surface area contributed by atoms with E-state index in [1.54, 1.807) is 12.1 Å². The molecule has 1 aromatic heterocycles. The van der Waals surface area contributed by atoms with Gasteiger partial charge in [-0.1, -0.05) is 60.7 Å². The third-order valence-electron chi connectivity index (χ3n) is 8.47. The van der Waals surface area contributed by atoms with E-state index < -0.39 is 6.09 Å². The Balaban J connectivity index is 0.00000400. The van der Waals surface area contributed by atoms with Gasteiger partial charge in [0.25, 0.3) is 0 Å². The van der Waals surface area contributed by atoms with E-state index >= 15 is 0 Å². The second kappa shape index (κ2) is 14.6. The minimum atomic E-state index is -0.519. The van der Waals surface area contributed by atoms with Crippen LogP contribution in [0, 0.1) is 5.82 Å². The number of ether oxygens (including phenoxy) is 2. The van der Waals surface area contributed by atoms with Crippen LogP contribution >= 0.6 is 0 Å². The number of benzene rings is 4. The van der Waals surface area contributed by atoms with Gasteiger partial charge in [-0.15, -0.1) is 5.10 Å². The molecule has 1 amide bonds. The number of hydrogen-bond acceptors (Lipinski definition) is 4. The lowest BCUT2D eigenvalue weighted by Gasteiger charge is -2.15. The molecule has 0 saturated heterocycles. The normalized spacial score (nSPS) is 12.1. The molecule has 4 aromatic carbocycles. The van der Waals surface area contributed by atoms with Gasteiger partial charge in [-0.2, -0.15) is 0 Å². The summed E-state index contributed by atoms with van der Waals surface area (Å²) in [6, 6.07) is 28.6. The maximum absolute atomic E-state index is 13.5. The summed E-state index contributed by atoms with van der Waals surface area (Å²) >= 11 is 0. The van der Waals surface area contributed by atoms with E-state index in [0.717, 1.165) is 42.5 Å². The maximum atomic E-state index is 13.5. The fraction of sp³-hybridized carbons (Fsp3) is 0.278. The number of anilines is 1. The second-order valence-electron chi connectivity index (χ2n) is 11.2. The summed E-state index contributed by atoms with van der Waals surface area (Å²) in [6.45, 7) is 8.80. The van der Waals surface area contributed by atoms with Crippen molar-refractivity contribution >= 4 is 22.7 Å². The molecule has 0 aliphatic heterocycles. The van der Waals surface area contributed by atoms with E-state index in [4.69, 9.17) is 14.6 Å². The minimum absolute atomic E-state index is 0. The van der Waals surface area contributed by atoms with Crippen molar-refractivity contribution in [1.29, 1.82) is 0 Å². The predicted molar refractivity (Wildman–Crippen MR) is 171 cm³/mol. The minimum Gasteiger partial charge on any atom is -1.00 e. The van der Waals surface area contributed by atoms with Crippen LogP contribution in [0.15, 0.2) is 91.0 Å². The lowest BCUT2D eigenvalue weighted by atomic mass is 9.98. The molecule has 0 bridgehead atoms. The number of carbonyl (C=O) groups excluding carboxylic acids is 1. The molecule has 5 aromatic rings. The molecule has 0 radical (unpaired) electrons. The van der Waals surface area contributed by atoms with Crippen LogP contribution in [0.3, 0.4) is 0 Å². The number of rotatable bonds is 12. The van der Waals surface area contributed by atoms with Crippen molar-refractivity contribution in [1.82, 2.24) is 9.78 Å². The van der Waals surface area contributed by atoms with Crippen LogP contribution in [-0.4, -0.2) is 48.7 Å². The molecule has 7 nitrogen and oxygen atoms in total. The van der Waals surface area contributed by atoms with Crippen molar-refractivity contribution in [2.24, 2.45) is 0 Å². The lowest BCUT2D eigenvalue weighted by molar-refractivity contribution is -0.896. The summed E-state index contributed by atoms with van der Waals surface area (Å²) in [6.07, 6.45) is 0.385. The average Bonchev–Trinajstić information content (AvgIpc) is 3.55. The summed E-state index contributed by atoms with van der Waals surface area (Å²) in [5.74, 6) is 0.216. The Morgan fingerprint density at radius 2 is 1.60 bits per heavy atom. The van der Waals surface area contributed by atoms with Crippen molar-refractivity contribution in [3.8, 4) is 17.0 Å². The van der Waals surface area contributed by atoms with Gasteiger partial charge in [0.1, 0.15) is 12.4 Å². The van der Waals surface area contributed by atoms with Gasteiger partial charge in [-0.3, -0.25) is 10.00 Å². The molecule has 6 rings (SSSR count). The van der Waals surface area contributed by atoms with E-state index in [0.29, 0.717) is 24.7 Å². The molecular weight excluding hydrogens is 591 g/mol. The molecule has 0 saturated carbocycles. The van der Waals surface area contributed by atoms with Gasteiger partial charge < -0.3 is 26.8 Å².